The van der Waals surface area contributed by atoms with Crippen molar-refractivity contribution in [2.45, 2.75) is 52.6 Å². The average Bonchev–Trinajstić information content (AvgIpc) is 2.29. The molecule has 1 heteroatoms. The third kappa shape index (κ3) is 4.80. The topological polar surface area (TPSA) is 3.24 Å². The van der Waals surface area contributed by atoms with E-state index in [1.54, 1.807) is 0 Å². The fraction of sp³-hybridized carbons (Fsp3) is 0.600. The fourth-order valence-electron chi connectivity index (χ4n) is 1.90. The van der Waals surface area contributed by atoms with Gasteiger partial charge in [0.1, 0.15) is 0 Å². The molecule has 1 aromatic carbocycles. The lowest BCUT2D eigenvalue weighted by molar-refractivity contribution is 0.208. The summed E-state index contributed by atoms with van der Waals surface area (Å²) in [7, 11) is 0. The Balaban J connectivity index is 2.45. The zero-order valence-corrected chi connectivity index (χ0v) is 10.9. The van der Waals surface area contributed by atoms with Gasteiger partial charge in [0.2, 0.25) is 0 Å². The standard InChI is InChI=1S/C15H25N/c1-4-5-9-12-16(14(2)3)13-15-10-7-6-8-11-15/h6-8,10-11,14H,4-5,9,12-13H2,1-3H3. The van der Waals surface area contributed by atoms with Gasteiger partial charge in [0.05, 0.1) is 0 Å². The summed E-state index contributed by atoms with van der Waals surface area (Å²) in [4.78, 5) is 2.56. The van der Waals surface area contributed by atoms with Gasteiger partial charge in [-0.1, -0.05) is 50.1 Å². The second-order valence-electron chi connectivity index (χ2n) is 4.76. The maximum absolute atomic E-state index is 2.56. The van der Waals surface area contributed by atoms with E-state index in [2.05, 4.69) is 56.0 Å². The van der Waals surface area contributed by atoms with Crippen molar-refractivity contribution in [1.29, 1.82) is 0 Å². The monoisotopic (exact) mass is 219 g/mol. The second kappa shape index (κ2) is 7.45. The molecule has 1 rings (SSSR count). The lowest BCUT2D eigenvalue weighted by Gasteiger charge is -2.26. The number of nitrogens with zero attached hydrogens (tertiary/aromatic N) is 1. The van der Waals surface area contributed by atoms with Crippen LogP contribution in [0.5, 0.6) is 0 Å². The first-order valence-electron chi connectivity index (χ1n) is 6.52. The van der Waals surface area contributed by atoms with Gasteiger partial charge in [-0.05, 0) is 32.4 Å². The Labute approximate surface area is 100 Å². The summed E-state index contributed by atoms with van der Waals surface area (Å²) in [5.41, 5.74) is 1.42. The Morgan fingerprint density at radius 3 is 2.31 bits per heavy atom. The lowest BCUT2D eigenvalue weighted by Crippen LogP contribution is -2.31. The van der Waals surface area contributed by atoms with Crippen molar-refractivity contribution < 1.29 is 0 Å². The van der Waals surface area contributed by atoms with E-state index in [9.17, 15) is 0 Å². The molecule has 0 aliphatic rings. The summed E-state index contributed by atoms with van der Waals surface area (Å²) >= 11 is 0. The molecular formula is C15H25N. The van der Waals surface area contributed by atoms with E-state index in [0.29, 0.717) is 6.04 Å². The van der Waals surface area contributed by atoms with Gasteiger partial charge in [-0.3, -0.25) is 4.90 Å². The van der Waals surface area contributed by atoms with Crippen molar-refractivity contribution >= 4 is 0 Å². The zero-order valence-electron chi connectivity index (χ0n) is 10.9. The number of hydrogen-bond acceptors (Lipinski definition) is 1. The van der Waals surface area contributed by atoms with Crippen molar-refractivity contribution in [3.05, 3.63) is 35.9 Å². The van der Waals surface area contributed by atoms with E-state index in [1.807, 2.05) is 0 Å². The zero-order chi connectivity index (χ0) is 11.8. The highest BCUT2D eigenvalue weighted by atomic mass is 15.1. The molecule has 0 atom stereocenters. The van der Waals surface area contributed by atoms with Crippen LogP contribution in [0.2, 0.25) is 0 Å². The molecule has 0 saturated carbocycles. The quantitative estimate of drug-likeness (QED) is 0.624. The summed E-state index contributed by atoms with van der Waals surface area (Å²) in [6, 6.07) is 11.4. The highest BCUT2D eigenvalue weighted by Crippen LogP contribution is 2.09. The molecule has 0 N–H and O–H groups in total. The van der Waals surface area contributed by atoms with Crippen LogP contribution >= 0.6 is 0 Å². The molecule has 90 valence electrons. The first kappa shape index (κ1) is 13.2. The highest BCUT2D eigenvalue weighted by molar-refractivity contribution is 5.14. The summed E-state index contributed by atoms with van der Waals surface area (Å²) < 4.78 is 0. The largest absolute Gasteiger partial charge is 0.297 e. The predicted molar refractivity (Wildman–Crippen MR) is 71.5 cm³/mol. The molecule has 0 heterocycles. The van der Waals surface area contributed by atoms with Crippen molar-refractivity contribution in [1.82, 2.24) is 4.90 Å². The van der Waals surface area contributed by atoms with Crippen molar-refractivity contribution in [3.63, 3.8) is 0 Å². The number of unbranched alkanes of at least 4 members (excludes halogenated alkanes) is 2. The molecule has 0 unspecified atom stereocenters. The van der Waals surface area contributed by atoms with Crippen LogP contribution < -0.4 is 0 Å². The minimum absolute atomic E-state index is 0.636. The van der Waals surface area contributed by atoms with E-state index < -0.39 is 0 Å². The molecule has 0 aromatic heterocycles. The van der Waals surface area contributed by atoms with E-state index in [4.69, 9.17) is 0 Å². The molecule has 0 fully saturated rings. The summed E-state index contributed by atoms with van der Waals surface area (Å²) in [6.45, 7) is 9.14. The Kier molecular flexibility index (Phi) is 6.17. The molecule has 1 nitrogen and oxygen atoms in total. The van der Waals surface area contributed by atoms with Crippen molar-refractivity contribution in [2.75, 3.05) is 6.54 Å². The van der Waals surface area contributed by atoms with Crippen molar-refractivity contribution in [3.8, 4) is 0 Å². The van der Waals surface area contributed by atoms with E-state index in [0.717, 1.165) is 6.54 Å². The smallest absolute Gasteiger partial charge is 0.0236 e. The predicted octanol–water partition coefficient (Wildman–Crippen LogP) is 4.09. The maximum Gasteiger partial charge on any atom is 0.0236 e. The molecule has 0 aliphatic carbocycles. The Bertz CT molecular complexity index is 266. The SMILES string of the molecule is CCCCCN(Cc1ccccc1)C(C)C. The van der Waals surface area contributed by atoms with Gasteiger partial charge in [-0.15, -0.1) is 0 Å². The van der Waals surface area contributed by atoms with E-state index in [-0.39, 0.29) is 0 Å². The third-order valence-electron chi connectivity index (χ3n) is 3.01. The maximum atomic E-state index is 2.56. The lowest BCUT2D eigenvalue weighted by atomic mass is 10.1. The fourth-order valence-corrected chi connectivity index (χ4v) is 1.90. The van der Waals surface area contributed by atoms with Crippen LogP contribution in [-0.2, 0) is 6.54 Å². The van der Waals surface area contributed by atoms with Crippen LogP contribution in [0.4, 0.5) is 0 Å². The Morgan fingerprint density at radius 2 is 1.75 bits per heavy atom. The molecule has 0 bridgehead atoms. The summed E-state index contributed by atoms with van der Waals surface area (Å²) in [5.74, 6) is 0. The molecule has 1 aromatic rings. The number of rotatable bonds is 7. The second-order valence-corrected chi connectivity index (χ2v) is 4.76. The third-order valence-corrected chi connectivity index (χ3v) is 3.01. The van der Waals surface area contributed by atoms with Gasteiger partial charge < -0.3 is 0 Å². The molecular weight excluding hydrogens is 194 g/mol. The van der Waals surface area contributed by atoms with Gasteiger partial charge in [0.25, 0.3) is 0 Å². The van der Waals surface area contributed by atoms with E-state index in [1.165, 1.54) is 31.4 Å². The Hall–Kier alpha value is -0.820. The van der Waals surface area contributed by atoms with Crippen LogP contribution in [0, 0.1) is 0 Å². The molecule has 16 heavy (non-hydrogen) atoms. The minimum atomic E-state index is 0.636. The first-order valence-corrected chi connectivity index (χ1v) is 6.52. The number of hydrogen-bond donors (Lipinski definition) is 0. The van der Waals surface area contributed by atoms with Gasteiger partial charge >= 0.3 is 0 Å². The molecule has 0 spiro atoms. The molecule has 0 radical (unpaired) electrons. The highest BCUT2D eigenvalue weighted by Gasteiger charge is 2.08. The summed E-state index contributed by atoms with van der Waals surface area (Å²) in [6.07, 6.45) is 3.97. The minimum Gasteiger partial charge on any atom is -0.297 e. The van der Waals surface area contributed by atoms with Gasteiger partial charge in [0.15, 0.2) is 0 Å². The Morgan fingerprint density at radius 1 is 1.06 bits per heavy atom. The van der Waals surface area contributed by atoms with E-state index >= 15 is 0 Å². The van der Waals surface area contributed by atoms with Gasteiger partial charge in [-0.25, -0.2) is 0 Å². The summed E-state index contributed by atoms with van der Waals surface area (Å²) in [5, 5.41) is 0. The van der Waals surface area contributed by atoms with Gasteiger partial charge in [0, 0.05) is 12.6 Å². The molecule has 0 saturated heterocycles. The van der Waals surface area contributed by atoms with Crippen LogP contribution in [-0.4, -0.2) is 17.5 Å². The van der Waals surface area contributed by atoms with Crippen LogP contribution in [0.1, 0.15) is 45.6 Å². The van der Waals surface area contributed by atoms with Gasteiger partial charge in [-0.2, -0.15) is 0 Å². The average molecular weight is 219 g/mol. The first-order chi connectivity index (χ1) is 7.74. The van der Waals surface area contributed by atoms with Crippen LogP contribution in [0.3, 0.4) is 0 Å². The van der Waals surface area contributed by atoms with Crippen LogP contribution in [0.25, 0.3) is 0 Å². The molecule has 0 amide bonds. The normalized spacial score (nSPS) is 11.3. The molecule has 0 aliphatic heterocycles. The van der Waals surface area contributed by atoms with Crippen LogP contribution in [0.15, 0.2) is 30.3 Å². The van der Waals surface area contributed by atoms with Crippen molar-refractivity contribution in [2.24, 2.45) is 0 Å². The number of benzene rings is 1.